The van der Waals surface area contributed by atoms with Crippen molar-refractivity contribution in [3.63, 3.8) is 0 Å². The van der Waals surface area contributed by atoms with Gasteiger partial charge in [0.25, 0.3) is 0 Å². The van der Waals surface area contributed by atoms with Gasteiger partial charge in [-0.15, -0.1) is 0 Å². The second-order valence-electron chi connectivity index (χ2n) is 6.78. The Labute approximate surface area is 181 Å². The largest absolute Gasteiger partial charge is 0.461 e. The van der Waals surface area contributed by atoms with Crippen molar-refractivity contribution in [3.05, 3.63) is 23.8 Å². The van der Waals surface area contributed by atoms with Crippen LogP contribution in [-0.2, 0) is 28.1 Å². The standard InChI is InChI=1S/C16H23N2O5P.C5H12O/c1-4-21-16(20)15(17)13-8-7-12(11-14(13)18-9-10-19)24(22-5-2)23-6-3;1-5(2,3)6-4/h7-8,10-11,17-18H,4-6,9H2,1-3H3;1-4H3. The number of hydrogen-bond acceptors (Lipinski definition) is 8. The number of carbonyl (C=O) groups is 2. The van der Waals surface area contributed by atoms with Crippen LogP contribution in [0.5, 0.6) is 0 Å². The van der Waals surface area contributed by atoms with Gasteiger partial charge in [-0.2, -0.15) is 0 Å². The van der Waals surface area contributed by atoms with Crippen molar-refractivity contribution in [1.82, 2.24) is 0 Å². The number of hydrogen-bond donors (Lipinski definition) is 2. The molecule has 0 radical (unpaired) electrons. The van der Waals surface area contributed by atoms with Crippen LogP contribution in [0.1, 0.15) is 47.1 Å². The molecular weight excluding hydrogens is 407 g/mol. The van der Waals surface area contributed by atoms with Crippen LogP contribution in [0, 0.1) is 5.41 Å². The van der Waals surface area contributed by atoms with Crippen molar-refractivity contribution in [2.24, 2.45) is 0 Å². The van der Waals surface area contributed by atoms with E-state index < -0.39 is 14.3 Å². The van der Waals surface area contributed by atoms with Gasteiger partial charge in [0, 0.05) is 23.7 Å². The Morgan fingerprint density at radius 2 is 1.70 bits per heavy atom. The van der Waals surface area contributed by atoms with E-state index in [2.05, 4.69) is 5.32 Å². The number of benzene rings is 1. The van der Waals surface area contributed by atoms with Crippen molar-refractivity contribution in [3.8, 4) is 0 Å². The molecule has 9 heteroatoms. The Morgan fingerprint density at radius 3 is 2.13 bits per heavy atom. The van der Waals surface area contributed by atoms with Crippen LogP contribution >= 0.6 is 8.38 Å². The van der Waals surface area contributed by atoms with E-state index in [0.717, 1.165) is 5.30 Å². The number of aldehydes is 1. The first-order valence-corrected chi connectivity index (χ1v) is 11.0. The van der Waals surface area contributed by atoms with E-state index in [1.54, 1.807) is 32.2 Å². The summed E-state index contributed by atoms with van der Waals surface area (Å²) >= 11 is 0. The zero-order valence-electron chi connectivity index (χ0n) is 19.0. The fourth-order valence-corrected chi connectivity index (χ4v) is 3.17. The molecule has 0 saturated heterocycles. The van der Waals surface area contributed by atoms with Crippen LogP contribution in [0.15, 0.2) is 18.2 Å². The lowest BCUT2D eigenvalue weighted by Crippen LogP contribution is -2.21. The summed E-state index contributed by atoms with van der Waals surface area (Å²) in [6, 6.07) is 5.13. The number of carbonyl (C=O) groups excluding carboxylic acids is 2. The van der Waals surface area contributed by atoms with Gasteiger partial charge in [0.15, 0.2) is 0 Å². The lowest BCUT2D eigenvalue weighted by Gasteiger charge is -2.18. The van der Waals surface area contributed by atoms with Crippen LogP contribution in [0.25, 0.3) is 0 Å². The fraction of sp³-hybridized carbons (Fsp3) is 0.571. The van der Waals surface area contributed by atoms with E-state index in [-0.39, 0.29) is 24.5 Å². The minimum absolute atomic E-state index is 0.0417. The van der Waals surface area contributed by atoms with Crippen LogP contribution in [0.4, 0.5) is 5.69 Å². The molecule has 0 amide bonds. The smallest absolute Gasteiger partial charge is 0.356 e. The van der Waals surface area contributed by atoms with Gasteiger partial charge in [-0.05, 0) is 59.7 Å². The van der Waals surface area contributed by atoms with Gasteiger partial charge in [-0.25, -0.2) is 4.79 Å². The number of nitrogens with one attached hydrogen (secondary N) is 2. The summed E-state index contributed by atoms with van der Waals surface area (Å²) in [5.41, 5.74) is 0.625. The van der Waals surface area contributed by atoms with E-state index in [9.17, 15) is 9.59 Å². The van der Waals surface area contributed by atoms with Gasteiger partial charge in [-0.1, -0.05) is 0 Å². The van der Waals surface area contributed by atoms with Crippen LogP contribution in [0.3, 0.4) is 0 Å². The van der Waals surface area contributed by atoms with Crippen LogP contribution in [0.2, 0.25) is 0 Å². The molecule has 0 unspecified atom stereocenters. The first-order chi connectivity index (χ1) is 14.1. The topological polar surface area (TPSA) is 107 Å². The van der Waals surface area contributed by atoms with Crippen LogP contribution < -0.4 is 10.6 Å². The summed E-state index contributed by atoms with van der Waals surface area (Å²) in [5, 5.41) is 11.7. The van der Waals surface area contributed by atoms with E-state index in [4.69, 9.17) is 23.9 Å². The average Bonchev–Trinajstić information content (AvgIpc) is 2.71. The molecule has 30 heavy (non-hydrogen) atoms. The molecule has 0 saturated carbocycles. The Morgan fingerprint density at radius 1 is 1.13 bits per heavy atom. The quantitative estimate of drug-likeness (QED) is 0.233. The maximum Gasteiger partial charge on any atom is 0.356 e. The van der Waals surface area contributed by atoms with E-state index >= 15 is 0 Å². The molecule has 1 aromatic rings. The van der Waals surface area contributed by atoms with E-state index in [1.165, 1.54) is 0 Å². The maximum absolute atomic E-state index is 11.8. The second-order valence-corrected chi connectivity index (χ2v) is 8.33. The predicted octanol–water partition coefficient (Wildman–Crippen LogP) is 3.67. The fourth-order valence-electron chi connectivity index (χ4n) is 1.90. The molecule has 0 atom stereocenters. The van der Waals surface area contributed by atoms with Crippen molar-refractivity contribution in [1.29, 1.82) is 5.41 Å². The zero-order chi connectivity index (χ0) is 23.2. The third-order valence-electron chi connectivity index (χ3n) is 3.44. The number of ether oxygens (including phenoxy) is 2. The molecule has 0 aliphatic rings. The highest BCUT2D eigenvalue weighted by atomic mass is 31.2. The summed E-state index contributed by atoms with van der Waals surface area (Å²) in [5.74, 6) is -0.712. The Hall–Kier alpha value is -1.86. The van der Waals surface area contributed by atoms with Crippen molar-refractivity contribution < 1.29 is 28.1 Å². The summed E-state index contributed by atoms with van der Waals surface area (Å²) in [6.07, 6.45) is 0.707. The highest BCUT2D eigenvalue weighted by Gasteiger charge is 2.20. The monoisotopic (exact) mass is 442 g/mol. The van der Waals surface area contributed by atoms with Gasteiger partial charge in [0.05, 0.1) is 32.0 Å². The summed E-state index contributed by atoms with van der Waals surface area (Å²) in [7, 11) is 0.452. The summed E-state index contributed by atoms with van der Waals surface area (Å²) in [4.78, 5) is 22.5. The molecule has 0 aliphatic carbocycles. The molecule has 1 aromatic carbocycles. The minimum Gasteiger partial charge on any atom is -0.461 e. The Kier molecular flexibility index (Phi) is 14.1. The van der Waals surface area contributed by atoms with E-state index in [0.29, 0.717) is 30.8 Å². The Balaban J connectivity index is 0.00000122. The number of methoxy groups -OCH3 is 1. The van der Waals surface area contributed by atoms with Gasteiger partial charge in [0.1, 0.15) is 12.0 Å². The van der Waals surface area contributed by atoms with Crippen molar-refractivity contribution >= 4 is 37.3 Å². The molecule has 0 aliphatic heterocycles. The highest BCUT2D eigenvalue weighted by Crippen LogP contribution is 2.38. The second kappa shape index (κ2) is 15.0. The molecule has 1 rings (SSSR count). The third-order valence-corrected chi connectivity index (χ3v) is 5.13. The number of anilines is 1. The molecule has 0 bridgehead atoms. The first kappa shape index (κ1) is 28.1. The maximum atomic E-state index is 11.8. The molecule has 2 N–H and O–H groups in total. The predicted molar refractivity (Wildman–Crippen MR) is 121 cm³/mol. The average molecular weight is 442 g/mol. The van der Waals surface area contributed by atoms with Gasteiger partial charge in [-0.3, -0.25) is 5.41 Å². The minimum atomic E-state index is -1.26. The lowest BCUT2D eigenvalue weighted by molar-refractivity contribution is -0.135. The molecular formula is C21H35N2O6P. The zero-order valence-corrected chi connectivity index (χ0v) is 19.9. The Bertz CT molecular complexity index is 670. The summed E-state index contributed by atoms with van der Waals surface area (Å²) in [6.45, 7) is 12.8. The molecule has 0 spiro atoms. The third kappa shape index (κ3) is 10.8. The SMILES string of the molecule is CCOC(=O)C(=N)c1ccc(P(OCC)OCC)cc1NCC=O.COC(C)(C)C. The first-order valence-electron chi connectivity index (χ1n) is 9.83. The van der Waals surface area contributed by atoms with E-state index in [1.807, 2.05) is 34.6 Å². The van der Waals surface area contributed by atoms with Gasteiger partial charge >= 0.3 is 5.97 Å². The lowest BCUT2D eigenvalue weighted by atomic mass is 10.1. The highest BCUT2D eigenvalue weighted by molar-refractivity contribution is 7.56. The summed E-state index contributed by atoms with van der Waals surface area (Å²) < 4.78 is 21.0. The van der Waals surface area contributed by atoms with Gasteiger partial charge in [0.2, 0.25) is 8.38 Å². The number of esters is 1. The normalized spacial score (nSPS) is 10.8. The van der Waals surface area contributed by atoms with Crippen molar-refractivity contribution in [2.45, 2.75) is 47.1 Å². The molecule has 8 nitrogen and oxygen atoms in total. The molecule has 0 aromatic heterocycles. The van der Waals surface area contributed by atoms with Crippen LogP contribution in [-0.4, -0.2) is 57.0 Å². The van der Waals surface area contributed by atoms with Crippen molar-refractivity contribution in [2.75, 3.05) is 38.8 Å². The molecule has 0 fully saturated rings. The van der Waals surface area contributed by atoms with Gasteiger partial charge < -0.3 is 28.6 Å². The molecule has 170 valence electrons. The number of rotatable bonds is 11. The molecule has 0 heterocycles.